The normalized spacial score (nSPS) is 12.7. The van der Waals surface area contributed by atoms with Crippen molar-refractivity contribution in [2.75, 3.05) is 0 Å². The van der Waals surface area contributed by atoms with E-state index in [9.17, 15) is 26.7 Å². The van der Waals surface area contributed by atoms with Gasteiger partial charge in [0, 0.05) is 0 Å². The number of aromatic amines is 1. The number of alkyl halides is 5. The summed E-state index contributed by atoms with van der Waals surface area (Å²) >= 11 is 0. The molecule has 0 fully saturated rings. The second-order valence-electron chi connectivity index (χ2n) is 3.52. The maximum absolute atomic E-state index is 13.1. The van der Waals surface area contributed by atoms with E-state index in [4.69, 9.17) is 0 Å². The number of halogens is 5. The number of carbonyl (C=O) groups is 1. The molecule has 1 aromatic heterocycles. The molecule has 0 aliphatic rings. The molecule has 1 aromatic carbocycles. The van der Waals surface area contributed by atoms with Crippen molar-refractivity contribution < 1.29 is 31.5 Å². The lowest BCUT2D eigenvalue weighted by molar-refractivity contribution is -0.292. The number of fused-ring (bicyclic) bond motifs is 1. The lowest BCUT2D eigenvalue weighted by Gasteiger charge is -2.16. The Morgan fingerprint density at radius 1 is 1.21 bits per heavy atom. The Morgan fingerprint density at radius 3 is 2.47 bits per heavy atom. The molecule has 0 aliphatic heterocycles. The molecular formula is C10H5F5N2O2. The van der Waals surface area contributed by atoms with Crippen LogP contribution in [0.1, 0.15) is 5.82 Å². The van der Waals surface area contributed by atoms with E-state index in [1.165, 1.54) is 18.2 Å². The number of hydrogen-bond acceptors (Lipinski definition) is 3. The zero-order valence-electron chi connectivity index (χ0n) is 8.96. The van der Waals surface area contributed by atoms with Crippen molar-refractivity contribution in [2.24, 2.45) is 0 Å². The lowest BCUT2D eigenvalue weighted by Crippen LogP contribution is -2.34. The summed E-state index contributed by atoms with van der Waals surface area (Å²) in [7, 11) is 0. The van der Waals surface area contributed by atoms with Crippen molar-refractivity contribution in [2.45, 2.75) is 12.1 Å². The van der Waals surface area contributed by atoms with E-state index in [-0.39, 0.29) is 23.3 Å². The first-order valence-electron chi connectivity index (χ1n) is 4.81. The highest BCUT2D eigenvalue weighted by atomic mass is 19.4. The van der Waals surface area contributed by atoms with E-state index < -0.39 is 17.9 Å². The minimum absolute atomic E-state index is 0.0189. The lowest BCUT2D eigenvalue weighted by atomic mass is 10.3. The number of nitrogens with one attached hydrogen (secondary N) is 1. The van der Waals surface area contributed by atoms with Crippen LogP contribution in [0.25, 0.3) is 11.0 Å². The van der Waals surface area contributed by atoms with Crippen molar-refractivity contribution in [3.8, 4) is 5.75 Å². The average molecular weight is 280 g/mol. The SMILES string of the molecule is O=COc1cccc2[nH]c(C(F)(F)C(F)(F)F)nc12. The van der Waals surface area contributed by atoms with Crippen LogP contribution >= 0.6 is 0 Å². The molecule has 0 bridgehead atoms. The number of hydrogen-bond donors (Lipinski definition) is 1. The molecule has 0 amide bonds. The Balaban J connectivity index is 2.59. The molecule has 1 N–H and O–H groups in total. The number of nitrogens with zero attached hydrogens (tertiary/aromatic N) is 1. The van der Waals surface area contributed by atoms with Gasteiger partial charge in [-0.1, -0.05) is 6.07 Å². The fourth-order valence-corrected chi connectivity index (χ4v) is 1.44. The van der Waals surface area contributed by atoms with E-state index in [2.05, 4.69) is 9.72 Å². The summed E-state index contributed by atoms with van der Waals surface area (Å²) in [5.41, 5.74) is -0.383. The maximum atomic E-state index is 13.1. The molecule has 0 saturated heterocycles. The van der Waals surface area contributed by atoms with E-state index in [1.807, 2.05) is 4.98 Å². The summed E-state index contributed by atoms with van der Waals surface area (Å²) in [6.45, 7) is 0.0189. The van der Waals surface area contributed by atoms with Crippen LogP contribution in [0.2, 0.25) is 0 Å². The van der Waals surface area contributed by atoms with Crippen molar-refractivity contribution >= 4 is 17.5 Å². The van der Waals surface area contributed by atoms with E-state index in [0.29, 0.717) is 0 Å². The van der Waals surface area contributed by atoms with Gasteiger partial charge in [-0.15, -0.1) is 0 Å². The molecule has 0 aliphatic carbocycles. The molecule has 0 saturated carbocycles. The van der Waals surface area contributed by atoms with Gasteiger partial charge in [-0.25, -0.2) is 4.98 Å². The smallest absolute Gasteiger partial charge is 0.426 e. The van der Waals surface area contributed by atoms with Gasteiger partial charge in [-0.2, -0.15) is 22.0 Å². The van der Waals surface area contributed by atoms with E-state index >= 15 is 0 Å². The highest BCUT2D eigenvalue weighted by Gasteiger charge is 2.61. The Kier molecular flexibility index (Phi) is 2.91. The fraction of sp³-hybridized carbons (Fsp3) is 0.200. The van der Waals surface area contributed by atoms with Gasteiger partial charge >= 0.3 is 12.1 Å². The van der Waals surface area contributed by atoms with Crippen LogP contribution in [0.4, 0.5) is 22.0 Å². The third-order valence-electron chi connectivity index (χ3n) is 2.30. The van der Waals surface area contributed by atoms with Crippen LogP contribution in [0.3, 0.4) is 0 Å². The number of aromatic nitrogens is 2. The van der Waals surface area contributed by atoms with Gasteiger partial charge < -0.3 is 9.72 Å². The van der Waals surface area contributed by atoms with Crippen LogP contribution in [0.15, 0.2) is 18.2 Å². The molecule has 0 radical (unpaired) electrons. The standard InChI is InChI=1S/C10H5F5N2O2/c11-9(12,10(13,14)15)8-16-5-2-1-3-6(19-4-18)7(5)17-8/h1-4H,(H,16,17). The zero-order chi connectivity index (χ0) is 14.3. The first-order chi connectivity index (χ1) is 8.77. The van der Waals surface area contributed by atoms with Crippen molar-refractivity contribution in [1.82, 2.24) is 9.97 Å². The number of rotatable bonds is 3. The van der Waals surface area contributed by atoms with Crippen LogP contribution in [0.5, 0.6) is 5.75 Å². The summed E-state index contributed by atoms with van der Waals surface area (Å²) < 4.78 is 67.2. The minimum atomic E-state index is -5.77. The monoisotopic (exact) mass is 280 g/mol. The molecule has 4 nitrogen and oxygen atoms in total. The number of imidazole rings is 1. The summed E-state index contributed by atoms with van der Waals surface area (Å²) in [6.07, 6.45) is -5.77. The van der Waals surface area contributed by atoms with Gasteiger partial charge in [0.25, 0.3) is 6.47 Å². The van der Waals surface area contributed by atoms with Gasteiger partial charge in [-0.05, 0) is 12.1 Å². The number of H-pyrrole nitrogens is 1. The summed E-state index contributed by atoms with van der Waals surface area (Å²) in [6, 6.07) is 3.76. The predicted molar refractivity (Wildman–Crippen MR) is 52.7 cm³/mol. The molecule has 1 heterocycles. The predicted octanol–water partition coefficient (Wildman–Crippen LogP) is 2.75. The Morgan fingerprint density at radius 2 is 1.89 bits per heavy atom. The van der Waals surface area contributed by atoms with Crippen LogP contribution in [-0.4, -0.2) is 22.6 Å². The molecule has 102 valence electrons. The van der Waals surface area contributed by atoms with Crippen molar-refractivity contribution in [1.29, 1.82) is 0 Å². The molecule has 19 heavy (non-hydrogen) atoms. The molecule has 9 heteroatoms. The third kappa shape index (κ3) is 2.11. The van der Waals surface area contributed by atoms with Crippen LogP contribution < -0.4 is 4.74 Å². The fourth-order valence-electron chi connectivity index (χ4n) is 1.44. The third-order valence-corrected chi connectivity index (χ3v) is 2.30. The van der Waals surface area contributed by atoms with Crippen LogP contribution in [0, 0.1) is 0 Å². The van der Waals surface area contributed by atoms with Gasteiger partial charge in [0.15, 0.2) is 11.6 Å². The largest absolute Gasteiger partial charge is 0.461 e. The Hall–Kier alpha value is -2.19. The van der Waals surface area contributed by atoms with Crippen molar-refractivity contribution in [3.05, 3.63) is 24.0 Å². The minimum Gasteiger partial charge on any atom is -0.426 e. The van der Waals surface area contributed by atoms with Gasteiger partial charge in [0.1, 0.15) is 5.52 Å². The number of benzene rings is 1. The molecule has 0 spiro atoms. The molecular weight excluding hydrogens is 275 g/mol. The first-order valence-corrected chi connectivity index (χ1v) is 4.81. The van der Waals surface area contributed by atoms with Crippen LogP contribution in [-0.2, 0) is 10.7 Å². The summed E-state index contributed by atoms with van der Waals surface area (Å²) in [5.74, 6) is -6.89. The molecule has 2 aromatic rings. The Bertz CT molecular complexity index is 620. The number of carbonyl (C=O) groups excluding carboxylic acids is 1. The van der Waals surface area contributed by atoms with E-state index in [1.54, 1.807) is 0 Å². The van der Waals surface area contributed by atoms with E-state index in [0.717, 1.165) is 0 Å². The second-order valence-corrected chi connectivity index (χ2v) is 3.52. The quantitative estimate of drug-likeness (QED) is 0.694. The molecule has 0 unspecified atom stereocenters. The van der Waals surface area contributed by atoms with Crippen molar-refractivity contribution in [3.63, 3.8) is 0 Å². The summed E-state index contributed by atoms with van der Waals surface area (Å²) in [5, 5.41) is 0. The van der Waals surface area contributed by atoms with Gasteiger partial charge in [0.2, 0.25) is 0 Å². The zero-order valence-corrected chi connectivity index (χ0v) is 8.96. The molecule has 0 atom stereocenters. The Labute approximate surface area is 102 Å². The molecule has 2 rings (SSSR count). The highest BCUT2D eigenvalue weighted by Crippen LogP contribution is 2.43. The number of para-hydroxylation sites is 1. The second kappa shape index (κ2) is 4.18. The highest BCUT2D eigenvalue weighted by molar-refractivity contribution is 5.83. The van der Waals surface area contributed by atoms with Gasteiger partial charge in [-0.3, -0.25) is 4.79 Å². The van der Waals surface area contributed by atoms with Gasteiger partial charge in [0.05, 0.1) is 5.52 Å². The first kappa shape index (κ1) is 13.2. The topological polar surface area (TPSA) is 55.0 Å². The summed E-state index contributed by atoms with van der Waals surface area (Å²) in [4.78, 5) is 15.2. The average Bonchev–Trinajstić information content (AvgIpc) is 2.73. The maximum Gasteiger partial charge on any atom is 0.461 e. The number of ether oxygens (including phenoxy) is 1.